The molecular formula is C18H23N3O4. The second kappa shape index (κ2) is 8.22. The number of hydroxylamine groups is 1. The molecule has 1 aromatic carbocycles. The van der Waals surface area contributed by atoms with Crippen LogP contribution < -0.4 is 5.48 Å². The number of piperidine rings is 1. The minimum atomic E-state index is -0.348. The minimum absolute atomic E-state index is 0.0230. The zero-order chi connectivity index (χ0) is 17.6. The molecule has 0 aromatic heterocycles. The number of fused-ring (bicyclic) bond motifs is 1. The first-order valence-corrected chi connectivity index (χ1v) is 8.75. The van der Waals surface area contributed by atoms with Gasteiger partial charge in [-0.05, 0) is 38.1 Å². The van der Waals surface area contributed by atoms with E-state index in [9.17, 15) is 14.4 Å². The zero-order valence-corrected chi connectivity index (χ0v) is 14.2. The van der Waals surface area contributed by atoms with Crippen LogP contribution in [-0.4, -0.2) is 60.3 Å². The Balaban J connectivity index is 1.37. The van der Waals surface area contributed by atoms with E-state index in [2.05, 4.69) is 10.4 Å². The van der Waals surface area contributed by atoms with E-state index < -0.39 is 0 Å². The highest BCUT2D eigenvalue weighted by Gasteiger charge is 2.34. The lowest BCUT2D eigenvalue weighted by atomic mass is 10.1. The first kappa shape index (κ1) is 17.6. The molecule has 1 fully saturated rings. The van der Waals surface area contributed by atoms with Crippen molar-refractivity contribution in [1.82, 2.24) is 15.3 Å². The molecule has 0 bridgehead atoms. The predicted molar refractivity (Wildman–Crippen MR) is 90.8 cm³/mol. The van der Waals surface area contributed by atoms with Crippen LogP contribution in [0.25, 0.3) is 0 Å². The SMILES string of the molecule is O=C(CCN1C(=O)c2ccccc2C1=O)NOCCN1CCCCC1. The fourth-order valence-electron chi connectivity index (χ4n) is 3.20. The zero-order valence-electron chi connectivity index (χ0n) is 14.2. The van der Waals surface area contributed by atoms with Crippen LogP contribution in [0.3, 0.4) is 0 Å². The molecule has 2 heterocycles. The van der Waals surface area contributed by atoms with Crippen LogP contribution in [0.4, 0.5) is 0 Å². The van der Waals surface area contributed by atoms with Crippen LogP contribution in [0, 0.1) is 0 Å². The molecule has 3 rings (SSSR count). The molecule has 2 aliphatic heterocycles. The molecule has 2 aliphatic rings. The number of imide groups is 1. The quantitative estimate of drug-likeness (QED) is 0.456. The lowest BCUT2D eigenvalue weighted by molar-refractivity contribution is -0.134. The average Bonchev–Trinajstić information content (AvgIpc) is 2.89. The molecule has 0 radical (unpaired) electrons. The molecule has 7 nitrogen and oxygen atoms in total. The summed E-state index contributed by atoms with van der Waals surface area (Å²) in [4.78, 5) is 44.8. The number of rotatable bonds is 7. The van der Waals surface area contributed by atoms with Crippen molar-refractivity contribution in [3.8, 4) is 0 Å². The van der Waals surface area contributed by atoms with Crippen molar-refractivity contribution in [3.63, 3.8) is 0 Å². The van der Waals surface area contributed by atoms with Crippen molar-refractivity contribution in [3.05, 3.63) is 35.4 Å². The van der Waals surface area contributed by atoms with Crippen LogP contribution in [0.15, 0.2) is 24.3 Å². The van der Waals surface area contributed by atoms with Gasteiger partial charge in [0, 0.05) is 19.5 Å². The van der Waals surface area contributed by atoms with E-state index in [-0.39, 0.29) is 30.7 Å². The molecule has 0 aliphatic carbocycles. The van der Waals surface area contributed by atoms with Crippen molar-refractivity contribution < 1.29 is 19.2 Å². The van der Waals surface area contributed by atoms with Crippen LogP contribution >= 0.6 is 0 Å². The van der Waals surface area contributed by atoms with Gasteiger partial charge in [0.1, 0.15) is 0 Å². The summed E-state index contributed by atoms with van der Waals surface area (Å²) in [6.07, 6.45) is 3.74. The van der Waals surface area contributed by atoms with Gasteiger partial charge >= 0.3 is 0 Å². The van der Waals surface area contributed by atoms with Gasteiger partial charge in [-0.1, -0.05) is 18.6 Å². The molecule has 1 saturated heterocycles. The van der Waals surface area contributed by atoms with Crippen LogP contribution in [0.1, 0.15) is 46.4 Å². The van der Waals surface area contributed by atoms with Gasteiger partial charge in [-0.2, -0.15) is 0 Å². The van der Waals surface area contributed by atoms with Gasteiger partial charge in [0.2, 0.25) is 5.91 Å². The summed E-state index contributed by atoms with van der Waals surface area (Å²) in [5.74, 6) is -1.03. The summed E-state index contributed by atoms with van der Waals surface area (Å²) < 4.78 is 0. The Labute approximate surface area is 146 Å². The summed E-state index contributed by atoms with van der Waals surface area (Å²) in [7, 11) is 0. The molecule has 25 heavy (non-hydrogen) atoms. The Hall–Kier alpha value is -2.25. The van der Waals surface area contributed by atoms with Gasteiger partial charge in [-0.25, -0.2) is 5.48 Å². The third-order valence-electron chi connectivity index (χ3n) is 4.58. The molecular weight excluding hydrogens is 322 g/mol. The second-order valence-electron chi connectivity index (χ2n) is 6.33. The number of amides is 3. The molecule has 0 saturated carbocycles. The highest BCUT2D eigenvalue weighted by molar-refractivity contribution is 6.21. The standard InChI is InChI=1S/C18H23N3O4/c22-16(19-25-13-12-20-9-4-1-5-10-20)8-11-21-17(23)14-6-2-3-7-15(14)18(21)24/h2-3,6-7H,1,4-5,8-13H2,(H,19,22). The molecule has 0 atom stereocenters. The van der Waals surface area contributed by atoms with Crippen LogP contribution in [-0.2, 0) is 9.63 Å². The van der Waals surface area contributed by atoms with Gasteiger partial charge in [0.05, 0.1) is 17.7 Å². The first-order chi connectivity index (χ1) is 12.2. The highest BCUT2D eigenvalue weighted by atomic mass is 16.6. The van der Waals surface area contributed by atoms with E-state index in [1.807, 2.05) is 0 Å². The molecule has 0 unspecified atom stereocenters. The molecule has 7 heteroatoms. The van der Waals surface area contributed by atoms with E-state index in [0.29, 0.717) is 17.7 Å². The monoisotopic (exact) mass is 345 g/mol. The van der Waals surface area contributed by atoms with Crippen LogP contribution in [0.5, 0.6) is 0 Å². The summed E-state index contributed by atoms with van der Waals surface area (Å²) in [5, 5.41) is 0. The summed E-state index contributed by atoms with van der Waals surface area (Å²) in [5.41, 5.74) is 3.17. The molecule has 134 valence electrons. The molecule has 3 amide bonds. The number of hydrogen-bond donors (Lipinski definition) is 1. The number of nitrogens with zero attached hydrogens (tertiary/aromatic N) is 2. The van der Waals surface area contributed by atoms with Gasteiger partial charge in [-0.15, -0.1) is 0 Å². The lowest BCUT2D eigenvalue weighted by Gasteiger charge is -2.25. The minimum Gasteiger partial charge on any atom is -0.301 e. The van der Waals surface area contributed by atoms with E-state index >= 15 is 0 Å². The normalized spacial score (nSPS) is 17.7. The summed E-state index contributed by atoms with van der Waals surface area (Å²) in [6.45, 7) is 3.43. The van der Waals surface area contributed by atoms with Gasteiger partial charge in [-0.3, -0.25) is 24.1 Å². The van der Waals surface area contributed by atoms with E-state index in [1.165, 1.54) is 19.3 Å². The van der Waals surface area contributed by atoms with Crippen LogP contribution in [0.2, 0.25) is 0 Å². The fraction of sp³-hybridized carbons (Fsp3) is 0.500. The summed E-state index contributed by atoms with van der Waals surface area (Å²) >= 11 is 0. The van der Waals surface area contributed by atoms with Crippen molar-refractivity contribution in [2.45, 2.75) is 25.7 Å². The smallest absolute Gasteiger partial charge is 0.261 e. The Morgan fingerprint density at radius 3 is 2.28 bits per heavy atom. The first-order valence-electron chi connectivity index (χ1n) is 8.75. The highest BCUT2D eigenvalue weighted by Crippen LogP contribution is 2.22. The number of nitrogens with one attached hydrogen (secondary N) is 1. The Bertz CT molecular complexity index is 620. The van der Waals surface area contributed by atoms with Gasteiger partial charge < -0.3 is 4.90 Å². The second-order valence-corrected chi connectivity index (χ2v) is 6.33. The third-order valence-corrected chi connectivity index (χ3v) is 4.58. The average molecular weight is 345 g/mol. The number of benzene rings is 1. The van der Waals surface area contributed by atoms with Crippen molar-refractivity contribution in [1.29, 1.82) is 0 Å². The largest absolute Gasteiger partial charge is 0.301 e. The Morgan fingerprint density at radius 2 is 1.64 bits per heavy atom. The fourth-order valence-corrected chi connectivity index (χ4v) is 3.20. The van der Waals surface area contributed by atoms with Crippen molar-refractivity contribution in [2.24, 2.45) is 0 Å². The lowest BCUT2D eigenvalue weighted by Crippen LogP contribution is -2.36. The topological polar surface area (TPSA) is 79.0 Å². The Kier molecular flexibility index (Phi) is 5.78. The molecule has 1 N–H and O–H groups in total. The molecule has 0 spiro atoms. The Morgan fingerprint density at radius 1 is 1.00 bits per heavy atom. The third kappa shape index (κ3) is 4.24. The van der Waals surface area contributed by atoms with Gasteiger partial charge in [0.25, 0.3) is 11.8 Å². The maximum absolute atomic E-state index is 12.2. The van der Waals surface area contributed by atoms with E-state index in [4.69, 9.17) is 4.84 Å². The number of hydrogen-bond acceptors (Lipinski definition) is 5. The number of carbonyl (C=O) groups is 3. The molecule has 1 aromatic rings. The number of likely N-dealkylation sites (tertiary alicyclic amines) is 1. The maximum Gasteiger partial charge on any atom is 0.261 e. The maximum atomic E-state index is 12.2. The van der Waals surface area contributed by atoms with Crippen molar-refractivity contribution >= 4 is 17.7 Å². The predicted octanol–water partition coefficient (Wildman–Crippen LogP) is 1.21. The number of carbonyl (C=O) groups excluding carboxylic acids is 3. The van der Waals surface area contributed by atoms with Gasteiger partial charge in [0.15, 0.2) is 0 Å². The van der Waals surface area contributed by atoms with E-state index in [1.54, 1.807) is 24.3 Å². The van der Waals surface area contributed by atoms with Crippen molar-refractivity contribution in [2.75, 3.05) is 32.8 Å². The summed E-state index contributed by atoms with van der Waals surface area (Å²) in [6, 6.07) is 6.69. The van der Waals surface area contributed by atoms with E-state index in [0.717, 1.165) is 24.5 Å².